The molecule has 1 aromatic heterocycles. The molecule has 0 bridgehead atoms. The van der Waals surface area contributed by atoms with Gasteiger partial charge in [-0.2, -0.15) is 0 Å². The van der Waals surface area contributed by atoms with Gasteiger partial charge < -0.3 is 19.0 Å². The molecule has 3 aromatic rings. The number of fused-ring (bicyclic) bond motifs is 1. The lowest BCUT2D eigenvalue weighted by atomic mass is 10.1. The van der Waals surface area contributed by atoms with Crippen LogP contribution in [-0.4, -0.2) is 25.1 Å². The molecule has 6 heteroatoms. The lowest BCUT2D eigenvalue weighted by molar-refractivity contribution is 0.101. The first-order valence-corrected chi connectivity index (χ1v) is 7.48. The van der Waals surface area contributed by atoms with Crippen LogP contribution in [-0.2, 0) is 0 Å². The van der Waals surface area contributed by atoms with Gasteiger partial charge >= 0.3 is 0 Å². The van der Waals surface area contributed by atoms with Crippen molar-refractivity contribution >= 4 is 16.8 Å². The molecule has 0 saturated carbocycles. The third-order valence-corrected chi connectivity index (χ3v) is 3.89. The molecule has 1 heterocycles. The normalized spacial score (nSPS) is 10.7. The average Bonchev–Trinajstić information content (AvgIpc) is 2.60. The Labute approximate surface area is 143 Å². The van der Waals surface area contributed by atoms with E-state index in [1.54, 1.807) is 18.2 Å². The number of hydrogen-bond donors (Lipinski definition) is 1. The molecule has 0 aliphatic rings. The van der Waals surface area contributed by atoms with E-state index < -0.39 is 0 Å². The molecule has 0 saturated heterocycles. The van der Waals surface area contributed by atoms with Gasteiger partial charge in [0.25, 0.3) is 0 Å². The highest BCUT2D eigenvalue weighted by molar-refractivity contribution is 6.00. The molecule has 2 aromatic carbocycles. The summed E-state index contributed by atoms with van der Waals surface area (Å²) in [4.78, 5) is 23.9. The maximum absolute atomic E-state index is 12.4. The van der Waals surface area contributed by atoms with Gasteiger partial charge in [-0.25, -0.2) is 0 Å². The summed E-state index contributed by atoms with van der Waals surface area (Å²) in [6.45, 7) is 1.32. The lowest BCUT2D eigenvalue weighted by Gasteiger charge is -2.10. The van der Waals surface area contributed by atoms with E-state index in [1.165, 1.54) is 39.3 Å². The number of carbonyl (C=O) groups is 1. The van der Waals surface area contributed by atoms with Crippen LogP contribution >= 0.6 is 0 Å². The quantitative estimate of drug-likeness (QED) is 0.733. The van der Waals surface area contributed by atoms with Crippen molar-refractivity contribution in [3.63, 3.8) is 0 Å². The van der Waals surface area contributed by atoms with Crippen LogP contribution in [0.5, 0.6) is 17.2 Å². The molecule has 3 rings (SSSR count). The summed E-state index contributed by atoms with van der Waals surface area (Å²) in [6.07, 6.45) is 0. The zero-order valence-electron chi connectivity index (χ0n) is 14.0. The van der Waals surface area contributed by atoms with E-state index in [-0.39, 0.29) is 33.5 Å². The molecule has 0 spiro atoms. The molecule has 0 unspecified atom stereocenters. The second-order valence-corrected chi connectivity index (χ2v) is 5.47. The number of methoxy groups -OCH3 is 2. The van der Waals surface area contributed by atoms with E-state index in [2.05, 4.69) is 0 Å². The Bertz CT molecular complexity index is 1030. The molecular formula is C19H16O6. The Balaban J connectivity index is 2.20. The van der Waals surface area contributed by atoms with Gasteiger partial charge in [-0.3, -0.25) is 9.59 Å². The Kier molecular flexibility index (Phi) is 4.19. The number of benzene rings is 2. The number of aromatic hydroxyl groups is 1. The minimum absolute atomic E-state index is 0.0821. The Morgan fingerprint density at radius 2 is 1.76 bits per heavy atom. The van der Waals surface area contributed by atoms with Crippen LogP contribution < -0.4 is 14.9 Å². The summed E-state index contributed by atoms with van der Waals surface area (Å²) in [6, 6.07) is 9.08. The molecule has 0 radical (unpaired) electrons. The Morgan fingerprint density at radius 3 is 2.40 bits per heavy atom. The van der Waals surface area contributed by atoms with E-state index in [9.17, 15) is 14.7 Å². The topological polar surface area (TPSA) is 86.0 Å². The van der Waals surface area contributed by atoms with Crippen molar-refractivity contribution in [2.75, 3.05) is 14.2 Å². The van der Waals surface area contributed by atoms with Crippen molar-refractivity contribution in [2.24, 2.45) is 0 Å². The minimum Gasteiger partial charge on any atom is -0.507 e. The Morgan fingerprint density at radius 1 is 1.04 bits per heavy atom. The number of phenols is 1. The highest BCUT2D eigenvalue weighted by Crippen LogP contribution is 2.33. The van der Waals surface area contributed by atoms with E-state index >= 15 is 0 Å². The van der Waals surface area contributed by atoms with Crippen molar-refractivity contribution < 1.29 is 23.8 Å². The van der Waals surface area contributed by atoms with Crippen molar-refractivity contribution in [2.45, 2.75) is 6.92 Å². The fourth-order valence-electron chi connectivity index (χ4n) is 2.60. The average molecular weight is 340 g/mol. The summed E-state index contributed by atoms with van der Waals surface area (Å²) in [5, 5.41) is 10.2. The van der Waals surface area contributed by atoms with Crippen LogP contribution in [0.15, 0.2) is 45.6 Å². The van der Waals surface area contributed by atoms with Crippen LogP contribution in [0.4, 0.5) is 0 Å². The summed E-state index contributed by atoms with van der Waals surface area (Å²) in [5.41, 5.74) is 0.582. The number of rotatable bonds is 4. The van der Waals surface area contributed by atoms with Crippen molar-refractivity contribution in [1.82, 2.24) is 0 Å². The monoisotopic (exact) mass is 340 g/mol. The predicted octanol–water partition coefficient (Wildman–Crippen LogP) is 3.39. The zero-order valence-corrected chi connectivity index (χ0v) is 14.0. The van der Waals surface area contributed by atoms with Crippen LogP contribution in [0.3, 0.4) is 0 Å². The summed E-state index contributed by atoms with van der Waals surface area (Å²) in [7, 11) is 3.04. The van der Waals surface area contributed by atoms with E-state index in [0.717, 1.165) is 0 Å². The molecule has 0 amide bonds. The fraction of sp³-hybridized carbons (Fsp3) is 0.158. The van der Waals surface area contributed by atoms with Gasteiger partial charge in [-0.1, -0.05) is 0 Å². The lowest BCUT2D eigenvalue weighted by Crippen LogP contribution is -2.03. The highest BCUT2D eigenvalue weighted by Gasteiger charge is 2.14. The third kappa shape index (κ3) is 2.94. The smallest absolute Gasteiger partial charge is 0.193 e. The number of hydrogen-bond acceptors (Lipinski definition) is 6. The van der Waals surface area contributed by atoms with Crippen LogP contribution in [0.2, 0.25) is 0 Å². The third-order valence-electron chi connectivity index (χ3n) is 3.89. The number of ketones is 1. The van der Waals surface area contributed by atoms with Gasteiger partial charge in [-0.05, 0) is 31.2 Å². The van der Waals surface area contributed by atoms with E-state index in [4.69, 9.17) is 13.9 Å². The second-order valence-electron chi connectivity index (χ2n) is 5.47. The molecule has 1 N–H and O–H groups in total. The number of carbonyl (C=O) groups excluding carboxylic acids is 1. The highest BCUT2D eigenvalue weighted by atomic mass is 16.5. The van der Waals surface area contributed by atoms with Crippen LogP contribution in [0.25, 0.3) is 22.3 Å². The number of phenolic OH excluding ortho intramolecular Hbond substituents is 1. The molecule has 0 atom stereocenters. The van der Waals surface area contributed by atoms with Crippen molar-refractivity contribution in [3.8, 4) is 28.6 Å². The molecule has 0 fully saturated rings. The second kappa shape index (κ2) is 6.32. The molecular weight excluding hydrogens is 324 g/mol. The molecule has 6 nitrogen and oxygen atoms in total. The molecule has 0 aliphatic heterocycles. The number of Topliss-reactive ketones (excluding diaryl/α,β-unsaturated/α-hetero) is 1. The van der Waals surface area contributed by atoms with Gasteiger partial charge in [-0.15, -0.1) is 0 Å². The maximum atomic E-state index is 12.4. The summed E-state index contributed by atoms with van der Waals surface area (Å²) >= 11 is 0. The first-order valence-electron chi connectivity index (χ1n) is 7.48. The van der Waals surface area contributed by atoms with Gasteiger partial charge in [0, 0.05) is 17.7 Å². The van der Waals surface area contributed by atoms with Crippen molar-refractivity contribution in [3.05, 3.63) is 52.2 Å². The van der Waals surface area contributed by atoms with Crippen LogP contribution in [0.1, 0.15) is 17.3 Å². The number of ether oxygens (including phenoxy) is 2. The minimum atomic E-state index is -0.331. The zero-order chi connectivity index (χ0) is 18.1. The molecule has 0 aliphatic carbocycles. The van der Waals surface area contributed by atoms with E-state index in [1.807, 2.05) is 0 Å². The summed E-state index contributed by atoms with van der Waals surface area (Å²) < 4.78 is 16.2. The predicted molar refractivity (Wildman–Crippen MR) is 92.7 cm³/mol. The van der Waals surface area contributed by atoms with Gasteiger partial charge in [0.15, 0.2) is 22.7 Å². The van der Waals surface area contributed by atoms with Crippen molar-refractivity contribution in [1.29, 1.82) is 0 Å². The fourth-order valence-corrected chi connectivity index (χ4v) is 2.60. The summed E-state index contributed by atoms with van der Waals surface area (Å²) in [5.74, 6) is 0.805. The SMILES string of the molecule is COc1ccc(-c2cc(=O)c3cc(C(C)=O)c(O)cc3o2)cc1OC. The molecule has 25 heavy (non-hydrogen) atoms. The van der Waals surface area contributed by atoms with E-state index in [0.29, 0.717) is 22.8 Å². The maximum Gasteiger partial charge on any atom is 0.193 e. The first-order chi connectivity index (χ1) is 11.9. The first kappa shape index (κ1) is 16.6. The Hall–Kier alpha value is -3.28. The van der Waals surface area contributed by atoms with Crippen LogP contribution in [0, 0.1) is 0 Å². The standard InChI is InChI=1S/C19H16O6/c1-10(20)12-7-13-15(22)8-17(25-18(13)9-14(12)21)11-4-5-16(23-2)19(6-11)24-3/h4-9,21H,1-3H3. The molecule has 128 valence electrons. The largest absolute Gasteiger partial charge is 0.507 e. The van der Waals surface area contributed by atoms with Gasteiger partial charge in [0.05, 0.1) is 25.2 Å². The van der Waals surface area contributed by atoms with Gasteiger partial charge in [0.1, 0.15) is 17.1 Å². The van der Waals surface area contributed by atoms with Gasteiger partial charge in [0.2, 0.25) is 0 Å².